The minimum atomic E-state index is -0.305. The first-order valence-corrected chi connectivity index (χ1v) is 11.5. The number of carbonyl (C=O) groups excluding carboxylic acids is 1. The van der Waals surface area contributed by atoms with E-state index >= 15 is 0 Å². The molecular weight excluding hydrogens is 428 g/mol. The van der Waals surface area contributed by atoms with Gasteiger partial charge in [-0.15, -0.1) is 0 Å². The molecule has 0 aliphatic rings. The van der Waals surface area contributed by atoms with E-state index in [2.05, 4.69) is 17.1 Å². The van der Waals surface area contributed by atoms with Crippen LogP contribution in [-0.2, 0) is 6.42 Å². The number of rotatable bonds is 9. The Morgan fingerprint density at radius 2 is 1.71 bits per heavy atom. The predicted molar refractivity (Wildman–Crippen MR) is 132 cm³/mol. The van der Waals surface area contributed by atoms with Crippen molar-refractivity contribution in [3.05, 3.63) is 93.6 Å². The summed E-state index contributed by atoms with van der Waals surface area (Å²) in [5.74, 6) is 0.651. The number of benzene rings is 2. The molecule has 0 radical (unpaired) electrons. The number of hydrogen-bond donors (Lipinski definition) is 1. The molecule has 4 rings (SSSR count). The molecule has 0 saturated heterocycles. The molecule has 2 heterocycles. The third-order valence-corrected chi connectivity index (χ3v) is 5.67. The van der Waals surface area contributed by atoms with Crippen LogP contribution in [0.4, 0.5) is 0 Å². The highest BCUT2D eigenvalue weighted by molar-refractivity contribution is 5.96. The molecule has 6 heteroatoms. The minimum absolute atomic E-state index is 0.0857. The zero-order valence-electron chi connectivity index (χ0n) is 19.7. The summed E-state index contributed by atoms with van der Waals surface area (Å²) in [4.78, 5) is 29.0. The maximum atomic E-state index is 13.2. The Kier molecular flexibility index (Phi) is 7.07. The molecular formula is C28H28N2O4. The summed E-state index contributed by atoms with van der Waals surface area (Å²) < 4.78 is 10.9. The zero-order valence-corrected chi connectivity index (χ0v) is 19.7. The van der Waals surface area contributed by atoms with E-state index in [0.717, 1.165) is 35.3 Å². The number of ketones is 1. The lowest BCUT2D eigenvalue weighted by Crippen LogP contribution is -2.18. The molecule has 0 amide bonds. The Bertz CT molecular complexity index is 1330. The fourth-order valence-corrected chi connectivity index (χ4v) is 3.72. The number of carbonyl (C=O) groups is 1. The van der Waals surface area contributed by atoms with Crippen LogP contribution < -0.4 is 10.3 Å². The lowest BCUT2D eigenvalue weighted by Gasteiger charge is -2.12. The highest BCUT2D eigenvalue weighted by Gasteiger charge is 2.19. The van der Waals surface area contributed by atoms with Gasteiger partial charge in [0.25, 0.3) is 5.56 Å². The van der Waals surface area contributed by atoms with Gasteiger partial charge in [0.2, 0.25) is 11.5 Å². The fourth-order valence-electron chi connectivity index (χ4n) is 3.72. The van der Waals surface area contributed by atoms with E-state index in [9.17, 15) is 9.59 Å². The first-order chi connectivity index (χ1) is 16.4. The van der Waals surface area contributed by atoms with Gasteiger partial charge in [-0.1, -0.05) is 48.3 Å². The largest absolute Gasteiger partial charge is 0.494 e. The van der Waals surface area contributed by atoms with Crippen molar-refractivity contribution in [3.63, 3.8) is 0 Å². The lowest BCUT2D eigenvalue weighted by molar-refractivity contribution is 0.0957. The second-order valence-corrected chi connectivity index (χ2v) is 8.43. The monoisotopic (exact) mass is 456 g/mol. The summed E-state index contributed by atoms with van der Waals surface area (Å²) in [5, 5.41) is 3.78. The van der Waals surface area contributed by atoms with Gasteiger partial charge in [-0.25, -0.2) is 0 Å². The van der Waals surface area contributed by atoms with Crippen LogP contribution in [0.15, 0.2) is 70.0 Å². The van der Waals surface area contributed by atoms with E-state index in [1.54, 1.807) is 13.0 Å². The number of pyridine rings is 1. The van der Waals surface area contributed by atoms with Crippen LogP contribution in [0, 0.1) is 13.8 Å². The van der Waals surface area contributed by atoms with E-state index in [-0.39, 0.29) is 23.5 Å². The SMILES string of the molecule is CCCCOc1ccc(-c2cc(-c3ccc(C)cc3)c(CC(=O)c3cc(C)no3)c(=O)[nH]2)cc1. The maximum Gasteiger partial charge on any atom is 0.252 e. The van der Waals surface area contributed by atoms with E-state index in [4.69, 9.17) is 9.26 Å². The Balaban J connectivity index is 1.72. The topological polar surface area (TPSA) is 85.2 Å². The van der Waals surface area contributed by atoms with Gasteiger partial charge in [0.05, 0.1) is 12.3 Å². The van der Waals surface area contributed by atoms with Gasteiger partial charge in [0.1, 0.15) is 5.75 Å². The van der Waals surface area contributed by atoms with E-state index < -0.39 is 0 Å². The molecule has 0 aliphatic carbocycles. The molecule has 1 N–H and O–H groups in total. The molecule has 0 fully saturated rings. The Morgan fingerprint density at radius 1 is 1.00 bits per heavy atom. The summed E-state index contributed by atoms with van der Waals surface area (Å²) >= 11 is 0. The van der Waals surface area contributed by atoms with Crippen molar-refractivity contribution >= 4 is 5.78 Å². The number of H-pyrrole nitrogens is 1. The number of unbranched alkanes of at least 4 members (excludes halogenated alkanes) is 1. The maximum absolute atomic E-state index is 13.2. The molecule has 4 aromatic rings. The highest BCUT2D eigenvalue weighted by atomic mass is 16.5. The van der Waals surface area contributed by atoms with Crippen LogP contribution in [0.25, 0.3) is 22.4 Å². The molecule has 34 heavy (non-hydrogen) atoms. The number of aryl methyl sites for hydroxylation is 2. The Labute approximate surface area is 198 Å². The molecule has 6 nitrogen and oxygen atoms in total. The smallest absolute Gasteiger partial charge is 0.252 e. The Hall–Kier alpha value is -3.93. The quantitative estimate of drug-likeness (QED) is 0.250. The first kappa shape index (κ1) is 23.2. The predicted octanol–water partition coefficient (Wildman–Crippen LogP) is 5.92. The van der Waals surface area contributed by atoms with Crippen molar-refractivity contribution in [2.45, 2.75) is 40.0 Å². The summed E-state index contributed by atoms with van der Waals surface area (Å²) in [7, 11) is 0. The third-order valence-electron chi connectivity index (χ3n) is 5.67. The number of hydrogen-bond acceptors (Lipinski definition) is 5. The van der Waals surface area contributed by atoms with Crippen molar-refractivity contribution < 1.29 is 14.1 Å². The van der Waals surface area contributed by atoms with Gasteiger partial charge in [0, 0.05) is 23.7 Å². The average molecular weight is 457 g/mol. The number of nitrogens with zero attached hydrogens (tertiary/aromatic N) is 1. The second-order valence-electron chi connectivity index (χ2n) is 8.43. The molecule has 0 unspecified atom stereocenters. The number of aromatic amines is 1. The normalized spacial score (nSPS) is 10.9. The van der Waals surface area contributed by atoms with Crippen LogP contribution in [-0.4, -0.2) is 22.5 Å². The highest BCUT2D eigenvalue weighted by Crippen LogP contribution is 2.28. The molecule has 174 valence electrons. The van der Waals surface area contributed by atoms with Gasteiger partial charge >= 0.3 is 0 Å². The molecule has 2 aromatic heterocycles. The van der Waals surface area contributed by atoms with E-state index in [1.165, 1.54) is 0 Å². The van der Waals surface area contributed by atoms with E-state index in [1.807, 2.05) is 61.5 Å². The summed E-state index contributed by atoms with van der Waals surface area (Å²) in [6, 6.07) is 19.1. The van der Waals surface area contributed by atoms with Crippen LogP contribution >= 0.6 is 0 Å². The minimum Gasteiger partial charge on any atom is -0.494 e. The standard InChI is InChI=1S/C28H28N2O4/c1-4-5-14-33-22-12-10-21(11-13-22)25-16-23(20-8-6-18(2)7-9-20)24(28(32)29-25)17-26(31)27-15-19(3)30-34-27/h6-13,15-16H,4-5,14,17H2,1-3H3,(H,29,32). The number of nitrogens with one attached hydrogen (secondary N) is 1. The number of aromatic nitrogens is 2. The summed E-state index contributed by atoms with van der Waals surface area (Å²) in [6.45, 7) is 6.56. The molecule has 0 aliphatic heterocycles. The van der Waals surface area contributed by atoms with Crippen molar-refractivity contribution in [2.75, 3.05) is 6.61 Å². The van der Waals surface area contributed by atoms with Crippen molar-refractivity contribution in [3.8, 4) is 28.1 Å². The van der Waals surface area contributed by atoms with Crippen LogP contribution in [0.5, 0.6) is 5.75 Å². The first-order valence-electron chi connectivity index (χ1n) is 11.5. The van der Waals surface area contributed by atoms with Crippen LogP contribution in [0.2, 0.25) is 0 Å². The summed E-state index contributed by atoms with van der Waals surface area (Å²) in [5.41, 5.74) is 4.94. The van der Waals surface area contributed by atoms with Gasteiger partial charge in [-0.3, -0.25) is 9.59 Å². The van der Waals surface area contributed by atoms with Crippen molar-refractivity contribution in [1.29, 1.82) is 0 Å². The third kappa shape index (κ3) is 5.34. The van der Waals surface area contributed by atoms with Crippen LogP contribution in [0.3, 0.4) is 0 Å². The molecule has 0 saturated carbocycles. The van der Waals surface area contributed by atoms with E-state index in [0.29, 0.717) is 29.1 Å². The Morgan fingerprint density at radius 3 is 2.35 bits per heavy atom. The van der Waals surface area contributed by atoms with Gasteiger partial charge in [-0.2, -0.15) is 0 Å². The number of Topliss-reactive ketones (excluding diaryl/α,β-unsaturated/α-hetero) is 1. The van der Waals surface area contributed by atoms with Crippen molar-refractivity contribution in [1.82, 2.24) is 10.1 Å². The van der Waals surface area contributed by atoms with Gasteiger partial charge in [-0.05, 0) is 67.3 Å². The molecule has 0 spiro atoms. The zero-order chi connectivity index (χ0) is 24.1. The molecule has 0 bridgehead atoms. The molecule has 0 atom stereocenters. The lowest BCUT2D eigenvalue weighted by atomic mass is 9.94. The molecule has 2 aromatic carbocycles. The van der Waals surface area contributed by atoms with Gasteiger partial charge in [0.15, 0.2) is 0 Å². The van der Waals surface area contributed by atoms with Gasteiger partial charge < -0.3 is 14.2 Å². The fraction of sp³-hybridized carbons (Fsp3) is 0.250. The second kappa shape index (κ2) is 10.3. The van der Waals surface area contributed by atoms with Crippen molar-refractivity contribution in [2.24, 2.45) is 0 Å². The summed E-state index contributed by atoms with van der Waals surface area (Å²) in [6.07, 6.45) is 1.99. The average Bonchev–Trinajstić information content (AvgIpc) is 3.28. The van der Waals surface area contributed by atoms with Crippen LogP contribution in [0.1, 0.15) is 47.1 Å². The number of ether oxygens (including phenoxy) is 1.